The number of anilines is 1. The third kappa shape index (κ3) is 7.64. The number of alkyl halides is 2. The minimum Gasteiger partial charge on any atom is -0.432 e. The van der Waals surface area contributed by atoms with Crippen molar-refractivity contribution in [2.75, 3.05) is 24.9 Å². The highest BCUT2D eigenvalue weighted by molar-refractivity contribution is 8.55. The predicted molar refractivity (Wildman–Crippen MR) is 163 cm³/mol. The molecule has 10 atom stereocenters. The molecule has 26 heteroatoms. The Balaban J connectivity index is 1.33. The van der Waals surface area contributed by atoms with Crippen LogP contribution in [0.25, 0.3) is 11.2 Å². The molecule has 3 saturated heterocycles. The summed E-state index contributed by atoms with van der Waals surface area (Å²) in [5.74, 6) is -0.766. The third-order valence-electron chi connectivity index (χ3n) is 7.34. The van der Waals surface area contributed by atoms with Crippen LogP contribution in [0.3, 0.4) is 0 Å². The molecule has 3 aromatic rings. The van der Waals surface area contributed by atoms with E-state index in [9.17, 15) is 28.4 Å². The van der Waals surface area contributed by atoms with Crippen LogP contribution in [0.2, 0.25) is 0 Å². The lowest BCUT2D eigenvalue weighted by molar-refractivity contribution is -0.0640. The number of aromatic nitrogens is 6. The van der Waals surface area contributed by atoms with Crippen LogP contribution >= 0.6 is 26.0 Å². The van der Waals surface area contributed by atoms with Gasteiger partial charge in [-0.15, -0.1) is 0 Å². The number of phosphoric acid groups is 1. The van der Waals surface area contributed by atoms with E-state index in [4.69, 9.17) is 42.8 Å². The van der Waals surface area contributed by atoms with E-state index in [-0.39, 0.29) is 28.4 Å². The molecule has 274 valence electrons. The normalized spacial score (nSPS) is 34.8. The number of nitrogens with zero attached hydrogens (tertiary/aromatic N) is 5. The molecule has 3 aliphatic heterocycles. The van der Waals surface area contributed by atoms with Crippen LogP contribution in [-0.4, -0.2) is 102 Å². The van der Waals surface area contributed by atoms with Crippen molar-refractivity contribution in [2.45, 2.75) is 69.2 Å². The first-order valence-electron chi connectivity index (χ1n) is 14.5. The van der Waals surface area contributed by atoms with Crippen LogP contribution < -0.4 is 17.0 Å². The quantitative estimate of drug-likeness (QED) is 0.183. The second kappa shape index (κ2) is 14.4. The number of H-pyrrole nitrogens is 1. The van der Waals surface area contributed by atoms with Gasteiger partial charge >= 0.3 is 26.5 Å². The molecule has 0 radical (unpaired) electrons. The van der Waals surface area contributed by atoms with Crippen molar-refractivity contribution in [1.29, 1.82) is 0 Å². The Morgan fingerprint density at radius 1 is 1.08 bits per heavy atom. The first kappa shape index (κ1) is 36.5. The smallest absolute Gasteiger partial charge is 0.432 e. The van der Waals surface area contributed by atoms with E-state index in [2.05, 4.69) is 15.0 Å². The Kier molecular flexibility index (Phi) is 10.5. The Morgan fingerprint density at radius 2 is 1.82 bits per heavy atom. The van der Waals surface area contributed by atoms with E-state index < -0.39 is 106 Å². The summed E-state index contributed by atoms with van der Waals surface area (Å²) in [6.07, 6.45) is -13.9. The second-order valence-electron chi connectivity index (χ2n) is 11.1. The lowest BCUT2D eigenvalue weighted by Gasteiger charge is -2.26. The summed E-state index contributed by atoms with van der Waals surface area (Å²) < 4.78 is 104. The van der Waals surface area contributed by atoms with Gasteiger partial charge in [0, 0.05) is 23.6 Å². The predicted octanol–water partition coefficient (Wildman–Crippen LogP) is 1.71. The maximum absolute atomic E-state index is 16.1. The van der Waals surface area contributed by atoms with Gasteiger partial charge in [-0.05, 0) is 13.8 Å². The zero-order valence-electron chi connectivity index (χ0n) is 25.8. The number of nitrogens with one attached hydrogen (secondary N) is 1. The number of ether oxygens (including phenoxy) is 4. The first-order chi connectivity index (χ1) is 23.6. The number of hydrogen-bond donors (Lipinski definition) is 3. The summed E-state index contributed by atoms with van der Waals surface area (Å²) in [6.45, 7) is -3.55. The fourth-order valence-electron chi connectivity index (χ4n) is 5.16. The number of nitrogen functional groups attached to an aromatic ring is 1. The molecule has 0 saturated carbocycles. The van der Waals surface area contributed by atoms with Crippen LogP contribution in [0.4, 0.5) is 19.4 Å². The van der Waals surface area contributed by atoms with E-state index in [0.29, 0.717) is 4.57 Å². The molecule has 2 bridgehead atoms. The van der Waals surface area contributed by atoms with E-state index in [1.54, 1.807) is 13.8 Å². The molecule has 0 aromatic carbocycles. The van der Waals surface area contributed by atoms with E-state index in [1.165, 1.54) is 0 Å². The SMILES string of the molecule is CC(C)OC(=O)OCSP1(=O)OC[C@H]2O[C@@H](n3cnc4c(N)ncnc43)[C@H](OP(=O)(O)OC[C@H]3O[C@@H](n4ccc(=O)[nH]c4=O)[C@H](F)[C@@H]3O1)[C@@H]2F. The van der Waals surface area contributed by atoms with Crippen molar-refractivity contribution in [1.82, 2.24) is 29.1 Å². The van der Waals surface area contributed by atoms with Crippen molar-refractivity contribution >= 4 is 49.1 Å². The minimum absolute atomic E-state index is 0.0338. The van der Waals surface area contributed by atoms with Gasteiger partial charge in [-0.25, -0.2) is 42.5 Å². The Labute approximate surface area is 282 Å². The highest BCUT2D eigenvalue weighted by Crippen LogP contribution is 2.64. The van der Waals surface area contributed by atoms with Gasteiger partial charge in [0.1, 0.15) is 36.3 Å². The number of carbonyl (C=O) groups excluding carboxylic acids is 1. The standard InChI is InChI=1S/C24H29F2N7O14P2S/c1-10(2)43-24(36)40-9-50-49(39)42-5-11-14(25)18(22(44-11)33-8-30-16-19(27)28-7-29-20(16)33)46-48(37,38)41-6-12-17(47-49)15(26)21(45-12)32-4-3-13(34)31-23(32)35/h3-4,7-8,10-12,14-15,17-18,21-22H,5-6,9H2,1-2H3,(H,37,38)(H2,27,28,29)(H,31,34,35)/t11-,12-,14-,15-,17-,18-,21-,22-,49?/m1/s1. The average Bonchev–Trinajstić information content (AvgIpc) is 3.69. The molecule has 21 nitrogen and oxygen atoms in total. The molecule has 2 unspecified atom stereocenters. The number of imidazole rings is 1. The van der Waals surface area contributed by atoms with Crippen LogP contribution in [-0.2, 0) is 46.2 Å². The van der Waals surface area contributed by atoms with E-state index >= 15 is 8.78 Å². The maximum atomic E-state index is 16.1. The molecule has 6 heterocycles. The summed E-state index contributed by atoms with van der Waals surface area (Å²) in [5.41, 5.74) is 4.10. The number of halogens is 2. The number of fused-ring (bicyclic) bond motifs is 4. The number of hydrogen-bond acceptors (Lipinski definition) is 18. The first-order valence-corrected chi connectivity index (χ1v) is 19.2. The summed E-state index contributed by atoms with van der Waals surface area (Å²) in [6, 6.07) is 0.903. The van der Waals surface area contributed by atoms with Gasteiger partial charge in [0.05, 0.1) is 25.6 Å². The van der Waals surface area contributed by atoms with E-state index in [0.717, 1.165) is 29.5 Å². The summed E-state index contributed by atoms with van der Waals surface area (Å²) in [5, 5.41) is 0. The monoisotopic (exact) mass is 771 g/mol. The Bertz CT molecular complexity index is 1950. The molecule has 4 N–H and O–H groups in total. The van der Waals surface area contributed by atoms with Crippen molar-refractivity contribution in [3.8, 4) is 0 Å². The zero-order chi connectivity index (χ0) is 36.0. The summed E-state index contributed by atoms with van der Waals surface area (Å²) in [7, 11) is -5.27. The fraction of sp³-hybridized carbons (Fsp3) is 0.583. The van der Waals surface area contributed by atoms with Crippen molar-refractivity contribution < 1.29 is 64.6 Å². The van der Waals surface area contributed by atoms with Gasteiger partial charge in [0.25, 0.3) is 5.56 Å². The summed E-state index contributed by atoms with van der Waals surface area (Å²) in [4.78, 5) is 60.6. The van der Waals surface area contributed by atoms with Crippen molar-refractivity contribution in [2.24, 2.45) is 0 Å². The molecular weight excluding hydrogens is 742 g/mol. The molecule has 6 rings (SSSR count). The molecule has 0 aliphatic carbocycles. The van der Waals surface area contributed by atoms with Gasteiger partial charge in [0.15, 0.2) is 42.2 Å². The molecular formula is C24H29F2N7O14P2S. The van der Waals surface area contributed by atoms with Crippen molar-refractivity contribution in [3.05, 3.63) is 45.8 Å². The van der Waals surface area contributed by atoms with Crippen LogP contribution in [0.15, 0.2) is 34.5 Å². The maximum Gasteiger partial charge on any atom is 0.509 e. The van der Waals surface area contributed by atoms with Gasteiger partial charge in [-0.2, -0.15) is 0 Å². The zero-order valence-corrected chi connectivity index (χ0v) is 28.4. The van der Waals surface area contributed by atoms with Crippen LogP contribution in [0, 0.1) is 0 Å². The van der Waals surface area contributed by atoms with Gasteiger partial charge in [0.2, 0.25) is 0 Å². The van der Waals surface area contributed by atoms with Gasteiger partial charge in [-0.1, -0.05) is 0 Å². The molecule has 3 aromatic heterocycles. The van der Waals surface area contributed by atoms with Crippen LogP contribution in [0.1, 0.15) is 26.3 Å². The number of rotatable bonds is 6. The number of aromatic amines is 1. The Morgan fingerprint density at radius 3 is 2.56 bits per heavy atom. The largest absolute Gasteiger partial charge is 0.509 e. The minimum atomic E-state index is -5.27. The molecule has 3 fully saturated rings. The second-order valence-corrected chi connectivity index (χ2v) is 16.5. The Hall–Kier alpha value is -3.31. The fourth-order valence-corrected chi connectivity index (χ4v) is 8.87. The van der Waals surface area contributed by atoms with Gasteiger partial charge < -0.3 is 29.6 Å². The number of carbonyl (C=O) groups is 1. The highest BCUT2D eigenvalue weighted by atomic mass is 32.7. The topological polar surface area (TPSA) is 270 Å². The summed E-state index contributed by atoms with van der Waals surface area (Å²) >= 11 is 0.243. The lowest BCUT2D eigenvalue weighted by Crippen LogP contribution is -2.36. The third-order valence-corrected chi connectivity index (χ3v) is 11.7. The van der Waals surface area contributed by atoms with Crippen molar-refractivity contribution in [3.63, 3.8) is 0 Å². The molecule has 3 aliphatic rings. The lowest BCUT2D eigenvalue weighted by atomic mass is 10.1. The van der Waals surface area contributed by atoms with Gasteiger partial charge in [-0.3, -0.25) is 37.0 Å². The number of nitrogens with two attached hydrogens (primary N) is 1. The van der Waals surface area contributed by atoms with Crippen LogP contribution in [0.5, 0.6) is 0 Å². The molecule has 0 amide bonds. The van der Waals surface area contributed by atoms with E-state index in [1.807, 2.05) is 4.98 Å². The highest BCUT2D eigenvalue weighted by Gasteiger charge is 2.55. The molecule has 50 heavy (non-hydrogen) atoms. The average molecular weight is 772 g/mol. The molecule has 0 spiro atoms. The number of phosphoric ester groups is 1.